The Kier molecular flexibility index (Phi) is 9.17. The lowest BCUT2D eigenvalue weighted by Gasteiger charge is -2.25. The van der Waals surface area contributed by atoms with E-state index < -0.39 is 0 Å². The first-order valence-corrected chi connectivity index (χ1v) is 18.7. The van der Waals surface area contributed by atoms with Gasteiger partial charge in [0.25, 0.3) is 0 Å². The fourth-order valence-corrected chi connectivity index (χ4v) is 7.60. The standard InChI is InChI=1S/C52H39N3/c1-38-51(41-18-6-2-7-19-41)53-55(52(38)42-20-8-3-9-21-42)46-36-32-40(33-37-46)48-27-15-17-29-50(48)49-28-16-14-26-47(49)39-30-34-45(35-31-39)54(43-22-10-4-11-23-43)44-24-12-5-13-25-44/h2-37H,1H3. The highest BCUT2D eigenvalue weighted by atomic mass is 15.3. The fourth-order valence-electron chi connectivity index (χ4n) is 7.60. The quantitative estimate of drug-likeness (QED) is 0.149. The van der Waals surface area contributed by atoms with Gasteiger partial charge in [-0.2, -0.15) is 5.10 Å². The highest BCUT2D eigenvalue weighted by Crippen LogP contribution is 2.41. The second kappa shape index (κ2) is 15.0. The minimum absolute atomic E-state index is 0.992. The number of anilines is 3. The van der Waals surface area contributed by atoms with E-state index in [0.29, 0.717) is 0 Å². The highest BCUT2D eigenvalue weighted by molar-refractivity contribution is 5.92. The number of hydrogen-bond acceptors (Lipinski definition) is 2. The summed E-state index contributed by atoms with van der Waals surface area (Å²) < 4.78 is 2.10. The molecule has 262 valence electrons. The van der Waals surface area contributed by atoms with E-state index in [4.69, 9.17) is 5.10 Å². The molecule has 1 heterocycles. The van der Waals surface area contributed by atoms with Gasteiger partial charge in [-0.05, 0) is 88.8 Å². The smallest absolute Gasteiger partial charge is 0.0963 e. The van der Waals surface area contributed by atoms with Gasteiger partial charge < -0.3 is 4.90 Å². The maximum absolute atomic E-state index is 5.20. The molecule has 0 N–H and O–H groups in total. The van der Waals surface area contributed by atoms with Crippen molar-refractivity contribution in [2.24, 2.45) is 0 Å². The molecule has 0 aliphatic carbocycles. The molecule has 0 fully saturated rings. The van der Waals surface area contributed by atoms with Gasteiger partial charge in [-0.3, -0.25) is 0 Å². The summed E-state index contributed by atoms with van der Waals surface area (Å²) in [4.78, 5) is 2.30. The van der Waals surface area contributed by atoms with Crippen LogP contribution in [0.4, 0.5) is 17.1 Å². The Morgan fingerprint density at radius 3 is 1.22 bits per heavy atom. The first kappa shape index (κ1) is 33.6. The summed E-state index contributed by atoms with van der Waals surface area (Å²) in [6.07, 6.45) is 0. The Hall–Kier alpha value is -7.23. The lowest BCUT2D eigenvalue weighted by molar-refractivity contribution is 0.892. The van der Waals surface area contributed by atoms with Crippen LogP contribution in [0, 0.1) is 6.92 Å². The van der Waals surface area contributed by atoms with Crippen LogP contribution < -0.4 is 4.90 Å². The highest BCUT2D eigenvalue weighted by Gasteiger charge is 2.19. The Balaban J connectivity index is 1.07. The van der Waals surface area contributed by atoms with Crippen molar-refractivity contribution in [2.45, 2.75) is 6.92 Å². The van der Waals surface area contributed by atoms with E-state index >= 15 is 0 Å². The average molecular weight is 706 g/mol. The van der Waals surface area contributed by atoms with Crippen LogP contribution in [-0.4, -0.2) is 9.78 Å². The van der Waals surface area contributed by atoms with Crippen molar-refractivity contribution in [3.05, 3.63) is 224 Å². The summed E-state index contributed by atoms with van der Waals surface area (Å²) in [5, 5.41) is 5.20. The second-order valence-corrected chi connectivity index (χ2v) is 13.7. The third-order valence-corrected chi connectivity index (χ3v) is 10.2. The summed E-state index contributed by atoms with van der Waals surface area (Å²) in [5.74, 6) is 0. The molecule has 0 aliphatic rings. The molecule has 3 nitrogen and oxygen atoms in total. The molecule has 0 amide bonds. The van der Waals surface area contributed by atoms with Crippen molar-refractivity contribution in [3.8, 4) is 61.6 Å². The van der Waals surface area contributed by atoms with Crippen molar-refractivity contribution >= 4 is 17.1 Å². The SMILES string of the molecule is Cc1c(-c2ccccc2)nn(-c2ccc(-c3ccccc3-c3ccccc3-c3ccc(N(c4ccccc4)c4ccccc4)cc3)cc2)c1-c1ccccc1. The number of nitrogens with zero attached hydrogens (tertiary/aromatic N) is 3. The zero-order valence-corrected chi connectivity index (χ0v) is 30.6. The van der Waals surface area contributed by atoms with Crippen LogP contribution in [0.3, 0.4) is 0 Å². The zero-order valence-electron chi connectivity index (χ0n) is 30.6. The first-order valence-electron chi connectivity index (χ1n) is 18.7. The molecule has 0 atom stereocenters. The number of hydrogen-bond donors (Lipinski definition) is 0. The Morgan fingerprint density at radius 1 is 0.345 bits per heavy atom. The Labute approximate surface area is 323 Å². The lowest BCUT2D eigenvalue weighted by atomic mass is 9.89. The van der Waals surface area contributed by atoms with Gasteiger partial charge in [0.15, 0.2) is 0 Å². The van der Waals surface area contributed by atoms with Gasteiger partial charge in [-0.25, -0.2) is 4.68 Å². The van der Waals surface area contributed by atoms with Crippen LogP contribution in [0.2, 0.25) is 0 Å². The summed E-state index contributed by atoms with van der Waals surface area (Å²) >= 11 is 0. The van der Waals surface area contributed by atoms with Crippen LogP contribution in [0.15, 0.2) is 218 Å². The molecule has 0 unspecified atom stereocenters. The topological polar surface area (TPSA) is 21.1 Å². The van der Waals surface area contributed by atoms with E-state index in [0.717, 1.165) is 56.4 Å². The molecule has 0 bridgehead atoms. The van der Waals surface area contributed by atoms with Crippen molar-refractivity contribution in [3.63, 3.8) is 0 Å². The van der Waals surface area contributed by atoms with Crippen LogP contribution >= 0.6 is 0 Å². The van der Waals surface area contributed by atoms with Gasteiger partial charge in [-0.1, -0.05) is 170 Å². The molecule has 0 saturated carbocycles. The normalized spacial score (nSPS) is 11.0. The molecule has 0 saturated heterocycles. The molecule has 3 heteroatoms. The molecular formula is C52H39N3. The van der Waals surface area contributed by atoms with Crippen LogP contribution in [0.5, 0.6) is 0 Å². The number of para-hydroxylation sites is 2. The van der Waals surface area contributed by atoms with E-state index in [1.165, 1.54) is 27.8 Å². The molecule has 9 rings (SSSR count). The zero-order chi connectivity index (χ0) is 37.0. The third kappa shape index (κ3) is 6.65. The Bertz CT molecular complexity index is 2630. The predicted octanol–water partition coefficient (Wildman–Crippen LogP) is 14.0. The van der Waals surface area contributed by atoms with E-state index in [1.54, 1.807) is 0 Å². The predicted molar refractivity (Wildman–Crippen MR) is 230 cm³/mol. The van der Waals surface area contributed by atoms with Crippen molar-refractivity contribution in [2.75, 3.05) is 4.90 Å². The maximum Gasteiger partial charge on any atom is 0.0963 e. The van der Waals surface area contributed by atoms with Gasteiger partial charge in [0.05, 0.1) is 17.1 Å². The minimum atomic E-state index is 0.992. The van der Waals surface area contributed by atoms with Crippen LogP contribution in [0.1, 0.15) is 5.56 Å². The molecule has 0 radical (unpaired) electrons. The van der Waals surface area contributed by atoms with E-state index in [2.05, 4.69) is 229 Å². The monoisotopic (exact) mass is 705 g/mol. The average Bonchev–Trinajstić information content (AvgIpc) is 3.62. The van der Waals surface area contributed by atoms with E-state index in [9.17, 15) is 0 Å². The van der Waals surface area contributed by atoms with Gasteiger partial charge in [0.1, 0.15) is 0 Å². The first-order chi connectivity index (χ1) is 27.2. The van der Waals surface area contributed by atoms with E-state index in [-0.39, 0.29) is 0 Å². The van der Waals surface area contributed by atoms with Crippen molar-refractivity contribution in [1.29, 1.82) is 0 Å². The summed E-state index contributed by atoms with van der Waals surface area (Å²) in [5.41, 5.74) is 17.0. The summed E-state index contributed by atoms with van der Waals surface area (Å²) in [7, 11) is 0. The van der Waals surface area contributed by atoms with Crippen molar-refractivity contribution in [1.82, 2.24) is 9.78 Å². The Morgan fingerprint density at radius 2 is 0.727 bits per heavy atom. The maximum atomic E-state index is 5.20. The molecule has 0 aliphatic heterocycles. The van der Waals surface area contributed by atoms with Gasteiger partial charge in [-0.15, -0.1) is 0 Å². The number of rotatable bonds is 9. The van der Waals surface area contributed by atoms with Crippen LogP contribution in [0.25, 0.3) is 61.6 Å². The van der Waals surface area contributed by atoms with Crippen molar-refractivity contribution < 1.29 is 0 Å². The molecule has 0 spiro atoms. The molecule has 55 heavy (non-hydrogen) atoms. The summed E-state index contributed by atoms with van der Waals surface area (Å²) in [6.45, 7) is 2.17. The fraction of sp³-hybridized carbons (Fsp3) is 0.0192. The largest absolute Gasteiger partial charge is 0.311 e. The molecule has 1 aromatic heterocycles. The van der Waals surface area contributed by atoms with Gasteiger partial charge >= 0.3 is 0 Å². The number of aromatic nitrogens is 2. The minimum Gasteiger partial charge on any atom is -0.311 e. The van der Waals surface area contributed by atoms with Crippen LogP contribution in [-0.2, 0) is 0 Å². The molecular weight excluding hydrogens is 667 g/mol. The third-order valence-electron chi connectivity index (χ3n) is 10.2. The van der Waals surface area contributed by atoms with Gasteiger partial charge in [0.2, 0.25) is 0 Å². The molecule has 9 aromatic rings. The van der Waals surface area contributed by atoms with E-state index in [1.807, 2.05) is 6.07 Å². The second-order valence-electron chi connectivity index (χ2n) is 13.7. The lowest BCUT2D eigenvalue weighted by Crippen LogP contribution is -2.09. The summed E-state index contributed by atoms with van der Waals surface area (Å²) in [6, 6.07) is 77.3. The molecule has 8 aromatic carbocycles. The van der Waals surface area contributed by atoms with Gasteiger partial charge in [0, 0.05) is 33.8 Å². The number of benzene rings is 8.